The number of hydrogen-bond acceptors (Lipinski definition) is 5. The Morgan fingerprint density at radius 3 is 2.40 bits per heavy atom. The summed E-state index contributed by atoms with van der Waals surface area (Å²) in [5.41, 5.74) is 2.54. The number of carbonyl (C=O) groups excluding carboxylic acids is 1. The number of nitrogens with zero attached hydrogens (tertiary/aromatic N) is 3. The molecule has 0 spiro atoms. The lowest BCUT2D eigenvalue weighted by Gasteiger charge is -2.32. The van der Waals surface area contributed by atoms with Crippen LogP contribution in [-0.2, 0) is 0 Å². The van der Waals surface area contributed by atoms with E-state index < -0.39 is 0 Å². The molecule has 30 heavy (non-hydrogen) atoms. The van der Waals surface area contributed by atoms with Gasteiger partial charge in [0.25, 0.3) is 0 Å². The number of fused-ring (bicyclic) bond motifs is 1. The first kappa shape index (κ1) is 20.2. The van der Waals surface area contributed by atoms with Gasteiger partial charge in [-0.15, -0.1) is 0 Å². The van der Waals surface area contributed by atoms with E-state index in [0.29, 0.717) is 29.6 Å². The van der Waals surface area contributed by atoms with Gasteiger partial charge in [-0.05, 0) is 43.2 Å². The molecule has 1 aromatic heterocycles. The largest absolute Gasteiger partial charge is 0.493 e. The number of benzene rings is 2. The number of rotatable bonds is 4. The van der Waals surface area contributed by atoms with Gasteiger partial charge in [0, 0.05) is 41.2 Å². The maximum Gasteiger partial charge on any atom is 0.321 e. The minimum Gasteiger partial charge on any atom is -0.493 e. The molecule has 0 aliphatic carbocycles. The average molecular weight is 427 g/mol. The van der Waals surface area contributed by atoms with Gasteiger partial charge >= 0.3 is 6.03 Å². The van der Waals surface area contributed by atoms with Crippen LogP contribution in [0, 0.1) is 0 Å². The van der Waals surface area contributed by atoms with E-state index in [1.807, 2.05) is 17.0 Å². The Morgan fingerprint density at radius 1 is 1.07 bits per heavy atom. The van der Waals surface area contributed by atoms with Crippen molar-refractivity contribution in [3.05, 3.63) is 53.4 Å². The zero-order chi connectivity index (χ0) is 21.1. The van der Waals surface area contributed by atoms with Crippen molar-refractivity contribution in [2.75, 3.05) is 32.6 Å². The maximum absolute atomic E-state index is 12.6. The summed E-state index contributed by atoms with van der Waals surface area (Å²) in [5.74, 6) is 1.54. The molecular formula is C22H23ClN4O3. The van der Waals surface area contributed by atoms with Crippen LogP contribution in [0.25, 0.3) is 10.9 Å². The third-order valence-corrected chi connectivity index (χ3v) is 5.69. The number of amides is 2. The first-order valence-electron chi connectivity index (χ1n) is 9.77. The second-order valence-electron chi connectivity index (χ2n) is 7.18. The lowest BCUT2D eigenvalue weighted by Crippen LogP contribution is -2.40. The number of halogens is 1. The number of anilines is 1. The molecule has 156 valence electrons. The zero-order valence-electron chi connectivity index (χ0n) is 16.9. The Hall–Kier alpha value is -3.06. The van der Waals surface area contributed by atoms with E-state index in [0.717, 1.165) is 35.1 Å². The van der Waals surface area contributed by atoms with Crippen molar-refractivity contribution in [2.45, 2.75) is 18.8 Å². The molecule has 2 aromatic carbocycles. The molecular weight excluding hydrogens is 404 g/mol. The van der Waals surface area contributed by atoms with E-state index in [2.05, 4.69) is 15.3 Å². The van der Waals surface area contributed by atoms with E-state index in [4.69, 9.17) is 21.1 Å². The molecule has 1 aliphatic heterocycles. The normalized spacial score (nSPS) is 14.6. The first-order valence-corrected chi connectivity index (χ1v) is 10.1. The number of ether oxygens (including phenoxy) is 2. The summed E-state index contributed by atoms with van der Waals surface area (Å²) in [6, 6.07) is 10.8. The van der Waals surface area contributed by atoms with Gasteiger partial charge in [-0.2, -0.15) is 0 Å². The summed E-state index contributed by atoms with van der Waals surface area (Å²) in [5, 5.41) is 4.52. The van der Waals surface area contributed by atoms with E-state index in [1.165, 1.54) is 0 Å². The van der Waals surface area contributed by atoms with Crippen molar-refractivity contribution < 1.29 is 14.3 Å². The van der Waals surface area contributed by atoms with Gasteiger partial charge in [-0.3, -0.25) is 0 Å². The Balaban J connectivity index is 1.48. The van der Waals surface area contributed by atoms with E-state index in [1.54, 1.807) is 44.8 Å². The molecule has 0 radical (unpaired) electrons. The average Bonchev–Trinajstić information content (AvgIpc) is 2.79. The van der Waals surface area contributed by atoms with Crippen LogP contribution in [0.1, 0.15) is 24.5 Å². The monoisotopic (exact) mass is 426 g/mol. The van der Waals surface area contributed by atoms with E-state index in [-0.39, 0.29) is 11.9 Å². The Labute approximate surface area is 180 Å². The van der Waals surface area contributed by atoms with Crippen molar-refractivity contribution in [1.29, 1.82) is 0 Å². The zero-order valence-corrected chi connectivity index (χ0v) is 17.6. The minimum absolute atomic E-state index is 0.102. The van der Waals surface area contributed by atoms with Crippen molar-refractivity contribution in [1.82, 2.24) is 14.9 Å². The van der Waals surface area contributed by atoms with Crippen molar-refractivity contribution >= 4 is 34.2 Å². The molecule has 0 saturated carbocycles. The van der Waals surface area contributed by atoms with Gasteiger partial charge < -0.3 is 19.7 Å². The molecule has 7 nitrogen and oxygen atoms in total. The van der Waals surface area contributed by atoms with Crippen LogP contribution in [0.4, 0.5) is 10.5 Å². The van der Waals surface area contributed by atoms with Crippen molar-refractivity contribution in [2.24, 2.45) is 0 Å². The number of carbonyl (C=O) groups is 1. The molecule has 1 fully saturated rings. The summed E-state index contributed by atoms with van der Waals surface area (Å²) in [6.07, 6.45) is 3.24. The second-order valence-corrected chi connectivity index (χ2v) is 7.62. The van der Waals surface area contributed by atoms with Gasteiger partial charge in [0.15, 0.2) is 11.5 Å². The van der Waals surface area contributed by atoms with Crippen molar-refractivity contribution in [3.63, 3.8) is 0 Å². The predicted octanol–water partition coefficient (Wildman–Crippen LogP) is 4.71. The van der Waals surface area contributed by atoms with E-state index in [9.17, 15) is 4.79 Å². The molecule has 2 heterocycles. The number of urea groups is 1. The van der Waals surface area contributed by atoms with Gasteiger partial charge in [0.05, 0.1) is 25.4 Å². The quantitative estimate of drug-likeness (QED) is 0.653. The summed E-state index contributed by atoms with van der Waals surface area (Å²) in [4.78, 5) is 23.4. The highest BCUT2D eigenvalue weighted by Crippen LogP contribution is 2.36. The molecule has 8 heteroatoms. The van der Waals surface area contributed by atoms with Crippen LogP contribution in [0.3, 0.4) is 0 Å². The Morgan fingerprint density at radius 2 is 1.73 bits per heavy atom. The van der Waals surface area contributed by atoms with Crippen LogP contribution < -0.4 is 14.8 Å². The number of nitrogens with one attached hydrogen (secondary N) is 1. The highest BCUT2D eigenvalue weighted by molar-refractivity contribution is 6.30. The molecule has 4 rings (SSSR count). The third-order valence-electron chi connectivity index (χ3n) is 5.44. The topological polar surface area (TPSA) is 76.6 Å². The number of likely N-dealkylation sites (tertiary alicyclic amines) is 1. The SMILES string of the molecule is COc1cc2ncnc(C3CCN(C(=O)Nc4ccc(Cl)cc4)CC3)c2cc1OC. The molecule has 2 amide bonds. The fraction of sp³-hybridized carbons (Fsp3) is 0.318. The smallest absolute Gasteiger partial charge is 0.321 e. The standard InChI is InChI=1S/C22H23ClN4O3/c1-29-19-11-17-18(12-20(19)30-2)24-13-25-21(17)14-7-9-27(10-8-14)22(28)26-16-5-3-15(23)4-6-16/h3-6,11-14H,7-10H2,1-2H3,(H,26,28). The second kappa shape index (κ2) is 8.75. The molecule has 1 saturated heterocycles. The Kier molecular flexibility index (Phi) is 5.90. The fourth-order valence-corrected chi connectivity index (χ4v) is 3.95. The van der Waals surface area contributed by atoms with Crippen LogP contribution in [0.2, 0.25) is 5.02 Å². The summed E-state index contributed by atoms with van der Waals surface area (Å²) < 4.78 is 10.8. The number of methoxy groups -OCH3 is 2. The van der Waals surface area contributed by atoms with Crippen LogP contribution in [-0.4, -0.2) is 48.2 Å². The Bertz CT molecular complexity index is 1050. The fourth-order valence-electron chi connectivity index (χ4n) is 3.82. The number of aromatic nitrogens is 2. The predicted molar refractivity (Wildman–Crippen MR) is 117 cm³/mol. The van der Waals surface area contributed by atoms with Gasteiger partial charge in [0.1, 0.15) is 6.33 Å². The summed E-state index contributed by atoms with van der Waals surface area (Å²) in [7, 11) is 3.22. The minimum atomic E-state index is -0.102. The van der Waals surface area contributed by atoms with E-state index >= 15 is 0 Å². The number of piperidine rings is 1. The summed E-state index contributed by atoms with van der Waals surface area (Å²) in [6.45, 7) is 1.31. The van der Waals surface area contributed by atoms with Gasteiger partial charge in [0.2, 0.25) is 0 Å². The molecule has 1 aliphatic rings. The molecule has 1 N–H and O–H groups in total. The lowest BCUT2D eigenvalue weighted by atomic mass is 9.91. The third kappa shape index (κ3) is 4.11. The van der Waals surface area contributed by atoms with Crippen LogP contribution in [0.5, 0.6) is 11.5 Å². The maximum atomic E-state index is 12.6. The number of hydrogen-bond donors (Lipinski definition) is 1. The highest BCUT2D eigenvalue weighted by atomic mass is 35.5. The first-order chi connectivity index (χ1) is 14.6. The molecule has 0 bridgehead atoms. The lowest BCUT2D eigenvalue weighted by molar-refractivity contribution is 0.194. The molecule has 0 unspecified atom stereocenters. The molecule has 0 atom stereocenters. The summed E-state index contributed by atoms with van der Waals surface area (Å²) >= 11 is 5.90. The van der Waals surface area contributed by atoms with Crippen LogP contribution >= 0.6 is 11.6 Å². The van der Waals surface area contributed by atoms with Gasteiger partial charge in [-0.1, -0.05) is 11.6 Å². The highest BCUT2D eigenvalue weighted by Gasteiger charge is 2.26. The van der Waals surface area contributed by atoms with Crippen molar-refractivity contribution in [3.8, 4) is 11.5 Å². The van der Waals surface area contributed by atoms with Gasteiger partial charge in [-0.25, -0.2) is 14.8 Å². The molecule has 3 aromatic rings. The van der Waals surface area contributed by atoms with Crippen LogP contribution in [0.15, 0.2) is 42.7 Å².